The third kappa shape index (κ3) is 4.06. The summed E-state index contributed by atoms with van der Waals surface area (Å²) in [7, 11) is 0. The molecule has 1 heterocycles. The zero-order valence-corrected chi connectivity index (χ0v) is 14.9. The summed E-state index contributed by atoms with van der Waals surface area (Å²) < 4.78 is 12.3. The standard InChI is InChI=1S/C19H22BrNO2/c1-2-13-3-5-14(6-4-13)9-15-10-17(20)19(11-18(15)21)23-16-7-8-22-12-16/h3-6,10-11,16H,2,7-9,12,21H2,1H3. The van der Waals surface area contributed by atoms with Crippen molar-refractivity contribution in [2.24, 2.45) is 0 Å². The van der Waals surface area contributed by atoms with Crippen LogP contribution in [0.1, 0.15) is 30.0 Å². The zero-order valence-electron chi connectivity index (χ0n) is 13.3. The third-order valence-electron chi connectivity index (χ3n) is 4.20. The molecule has 1 aliphatic rings. The lowest BCUT2D eigenvalue weighted by Gasteiger charge is -2.16. The number of benzene rings is 2. The second-order valence-corrected chi connectivity index (χ2v) is 6.79. The van der Waals surface area contributed by atoms with Crippen LogP contribution in [-0.4, -0.2) is 19.3 Å². The van der Waals surface area contributed by atoms with Gasteiger partial charge in [-0.1, -0.05) is 31.2 Å². The minimum atomic E-state index is 0.123. The second-order valence-electron chi connectivity index (χ2n) is 5.93. The fraction of sp³-hybridized carbons (Fsp3) is 0.368. The molecule has 2 aromatic carbocycles. The SMILES string of the molecule is CCc1ccc(Cc2cc(Br)c(OC3CCOC3)cc2N)cc1. The first kappa shape index (κ1) is 16.3. The molecule has 1 unspecified atom stereocenters. The molecule has 1 saturated heterocycles. The van der Waals surface area contributed by atoms with Gasteiger partial charge in [0.15, 0.2) is 0 Å². The van der Waals surface area contributed by atoms with Gasteiger partial charge in [-0.05, 0) is 51.5 Å². The van der Waals surface area contributed by atoms with Gasteiger partial charge in [-0.2, -0.15) is 0 Å². The number of nitrogens with two attached hydrogens (primary N) is 1. The van der Waals surface area contributed by atoms with Crippen LogP contribution in [0.5, 0.6) is 5.75 Å². The minimum absolute atomic E-state index is 0.123. The van der Waals surface area contributed by atoms with Gasteiger partial charge in [0.2, 0.25) is 0 Å². The summed E-state index contributed by atoms with van der Waals surface area (Å²) >= 11 is 3.60. The number of aryl methyl sites for hydroxylation is 1. The molecule has 0 aromatic heterocycles. The van der Waals surface area contributed by atoms with Crippen LogP contribution in [0, 0.1) is 0 Å². The number of rotatable bonds is 5. The smallest absolute Gasteiger partial charge is 0.136 e. The molecular formula is C19H22BrNO2. The van der Waals surface area contributed by atoms with Crippen molar-refractivity contribution in [1.82, 2.24) is 0 Å². The van der Waals surface area contributed by atoms with E-state index in [2.05, 4.69) is 53.2 Å². The summed E-state index contributed by atoms with van der Waals surface area (Å²) in [6, 6.07) is 12.7. The molecule has 1 fully saturated rings. The topological polar surface area (TPSA) is 44.5 Å². The summed E-state index contributed by atoms with van der Waals surface area (Å²) in [5.41, 5.74) is 10.7. The van der Waals surface area contributed by atoms with E-state index in [-0.39, 0.29) is 6.10 Å². The van der Waals surface area contributed by atoms with Crippen LogP contribution in [0.15, 0.2) is 40.9 Å². The van der Waals surface area contributed by atoms with Crippen LogP contribution in [0.3, 0.4) is 0 Å². The van der Waals surface area contributed by atoms with Crippen molar-refractivity contribution in [2.75, 3.05) is 18.9 Å². The number of ether oxygens (including phenoxy) is 2. The maximum atomic E-state index is 6.24. The first-order chi connectivity index (χ1) is 11.2. The van der Waals surface area contributed by atoms with Gasteiger partial charge in [-0.3, -0.25) is 0 Å². The summed E-state index contributed by atoms with van der Waals surface area (Å²) in [5.74, 6) is 0.795. The largest absolute Gasteiger partial charge is 0.487 e. The van der Waals surface area contributed by atoms with Crippen LogP contribution >= 0.6 is 15.9 Å². The number of hydrogen-bond donors (Lipinski definition) is 1. The lowest BCUT2D eigenvalue weighted by Crippen LogP contribution is -2.16. The molecule has 122 valence electrons. The van der Waals surface area contributed by atoms with E-state index in [4.69, 9.17) is 15.2 Å². The highest BCUT2D eigenvalue weighted by molar-refractivity contribution is 9.10. The Morgan fingerprint density at radius 3 is 2.61 bits per heavy atom. The lowest BCUT2D eigenvalue weighted by molar-refractivity contribution is 0.141. The van der Waals surface area contributed by atoms with Crippen molar-refractivity contribution >= 4 is 21.6 Å². The predicted octanol–water partition coefficient (Wildman–Crippen LogP) is 4.35. The van der Waals surface area contributed by atoms with E-state index < -0.39 is 0 Å². The van der Waals surface area contributed by atoms with Crippen LogP contribution in [0.25, 0.3) is 0 Å². The van der Waals surface area contributed by atoms with E-state index in [1.807, 2.05) is 6.07 Å². The molecule has 0 bridgehead atoms. The van der Waals surface area contributed by atoms with Gasteiger partial charge in [0.05, 0.1) is 17.7 Å². The highest BCUT2D eigenvalue weighted by Crippen LogP contribution is 2.33. The normalized spacial score (nSPS) is 17.4. The Hall–Kier alpha value is -1.52. The number of hydrogen-bond acceptors (Lipinski definition) is 3. The molecule has 23 heavy (non-hydrogen) atoms. The predicted molar refractivity (Wildman–Crippen MR) is 97.0 cm³/mol. The van der Waals surface area contributed by atoms with Crippen molar-refractivity contribution in [1.29, 1.82) is 0 Å². The Balaban J connectivity index is 1.75. The van der Waals surface area contributed by atoms with Gasteiger partial charge in [0.1, 0.15) is 11.9 Å². The molecule has 1 aliphatic heterocycles. The Bertz CT molecular complexity index is 664. The first-order valence-electron chi connectivity index (χ1n) is 8.06. The van der Waals surface area contributed by atoms with Crippen molar-refractivity contribution in [3.63, 3.8) is 0 Å². The average molecular weight is 376 g/mol. The van der Waals surface area contributed by atoms with Crippen LogP contribution in [0.4, 0.5) is 5.69 Å². The summed E-state index contributed by atoms with van der Waals surface area (Å²) in [6.07, 6.45) is 2.93. The van der Waals surface area contributed by atoms with E-state index in [1.165, 1.54) is 11.1 Å². The van der Waals surface area contributed by atoms with E-state index >= 15 is 0 Å². The minimum Gasteiger partial charge on any atom is -0.487 e. The quantitative estimate of drug-likeness (QED) is 0.789. The summed E-state index contributed by atoms with van der Waals surface area (Å²) in [4.78, 5) is 0. The number of nitrogen functional groups attached to an aromatic ring is 1. The summed E-state index contributed by atoms with van der Waals surface area (Å²) in [5, 5.41) is 0. The van der Waals surface area contributed by atoms with Crippen molar-refractivity contribution in [2.45, 2.75) is 32.3 Å². The van der Waals surface area contributed by atoms with Crippen molar-refractivity contribution in [3.8, 4) is 5.75 Å². The maximum Gasteiger partial charge on any atom is 0.136 e. The Morgan fingerprint density at radius 1 is 1.22 bits per heavy atom. The fourth-order valence-electron chi connectivity index (χ4n) is 2.75. The van der Waals surface area contributed by atoms with E-state index in [0.29, 0.717) is 6.61 Å². The van der Waals surface area contributed by atoms with Crippen LogP contribution in [-0.2, 0) is 17.6 Å². The Morgan fingerprint density at radius 2 is 1.96 bits per heavy atom. The number of halogens is 1. The van der Waals surface area contributed by atoms with E-state index in [0.717, 1.165) is 47.3 Å². The molecule has 0 amide bonds. The zero-order chi connectivity index (χ0) is 16.2. The van der Waals surface area contributed by atoms with Crippen molar-refractivity contribution in [3.05, 3.63) is 57.6 Å². The molecule has 3 nitrogen and oxygen atoms in total. The third-order valence-corrected chi connectivity index (χ3v) is 4.82. The Labute approximate surface area is 145 Å². The Kier molecular flexibility index (Phi) is 5.23. The molecule has 2 aromatic rings. The van der Waals surface area contributed by atoms with Crippen LogP contribution < -0.4 is 10.5 Å². The molecule has 3 rings (SSSR count). The monoisotopic (exact) mass is 375 g/mol. The molecule has 2 N–H and O–H groups in total. The molecule has 0 spiro atoms. The molecule has 1 atom stereocenters. The lowest BCUT2D eigenvalue weighted by atomic mass is 10.0. The number of anilines is 1. The maximum absolute atomic E-state index is 6.24. The van der Waals surface area contributed by atoms with Crippen molar-refractivity contribution < 1.29 is 9.47 Å². The van der Waals surface area contributed by atoms with Gasteiger partial charge in [-0.25, -0.2) is 0 Å². The fourth-order valence-corrected chi connectivity index (χ4v) is 3.24. The van der Waals surface area contributed by atoms with Gasteiger partial charge in [0, 0.05) is 18.2 Å². The summed E-state index contributed by atoms with van der Waals surface area (Å²) in [6.45, 7) is 3.58. The van der Waals surface area contributed by atoms with E-state index in [1.54, 1.807) is 0 Å². The first-order valence-corrected chi connectivity index (χ1v) is 8.85. The molecule has 0 saturated carbocycles. The van der Waals surface area contributed by atoms with Crippen LogP contribution in [0.2, 0.25) is 0 Å². The molecule has 0 radical (unpaired) electrons. The van der Waals surface area contributed by atoms with E-state index in [9.17, 15) is 0 Å². The highest BCUT2D eigenvalue weighted by atomic mass is 79.9. The average Bonchev–Trinajstić information content (AvgIpc) is 3.06. The van der Waals surface area contributed by atoms with Gasteiger partial charge >= 0.3 is 0 Å². The van der Waals surface area contributed by atoms with Gasteiger partial charge in [0.25, 0.3) is 0 Å². The molecule has 0 aliphatic carbocycles. The highest BCUT2D eigenvalue weighted by Gasteiger charge is 2.19. The second kappa shape index (κ2) is 7.37. The molecular weight excluding hydrogens is 354 g/mol. The van der Waals surface area contributed by atoms with Gasteiger partial charge < -0.3 is 15.2 Å². The van der Waals surface area contributed by atoms with Gasteiger partial charge in [-0.15, -0.1) is 0 Å². The molecule has 4 heteroatoms.